The van der Waals surface area contributed by atoms with Crippen LogP contribution in [0.4, 0.5) is 26.3 Å². The van der Waals surface area contributed by atoms with Crippen molar-refractivity contribution in [2.75, 3.05) is 6.54 Å². The maximum absolute atomic E-state index is 13.0. The Morgan fingerprint density at radius 1 is 1.06 bits per heavy atom. The number of alkyl halides is 6. The van der Waals surface area contributed by atoms with Gasteiger partial charge in [0.05, 0.1) is 11.1 Å². The van der Waals surface area contributed by atoms with Gasteiger partial charge in [0.15, 0.2) is 0 Å². The van der Waals surface area contributed by atoms with Gasteiger partial charge in [0, 0.05) is 11.4 Å². The van der Waals surface area contributed by atoms with Crippen LogP contribution in [0, 0.1) is 6.92 Å². The fourth-order valence-corrected chi connectivity index (χ4v) is 5.42. The Bertz CT molecular complexity index is 1090. The minimum absolute atomic E-state index is 0.0309. The van der Waals surface area contributed by atoms with E-state index in [2.05, 4.69) is 5.32 Å². The molecule has 0 aliphatic rings. The molecule has 13 heteroatoms. The van der Waals surface area contributed by atoms with Gasteiger partial charge in [0.2, 0.25) is 0 Å². The van der Waals surface area contributed by atoms with Crippen molar-refractivity contribution in [1.82, 2.24) is 10.0 Å². The average molecular weight is 503 g/mol. The van der Waals surface area contributed by atoms with E-state index in [9.17, 15) is 39.6 Å². The molecule has 0 saturated carbocycles. The topological polar surface area (TPSA) is 75.3 Å². The van der Waals surface area contributed by atoms with Crippen LogP contribution in [-0.2, 0) is 22.6 Å². The number of thiophene rings is 1. The molecule has 0 radical (unpaired) electrons. The molecule has 1 amide bonds. The molecule has 0 bridgehead atoms. The first-order valence-electron chi connectivity index (χ1n) is 9.09. The Hall–Kier alpha value is -2.12. The van der Waals surface area contributed by atoms with Crippen molar-refractivity contribution >= 4 is 27.3 Å². The van der Waals surface area contributed by atoms with E-state index in [-0.39, 0.29) is 23.4 Å². The summed E-state index contributed by atoms with van der Waals surface area (Å²) in [7, 11) is -4.56. The van der Waals surface area contributed by atoms with Crippen molar-refractivity contribution in [2.45, 2.75) is 49.3 Å². The molecule has 1 heterocycles. The van der Waals surface area contributed by atoms with Crippen molar-refractivity contribution in [3.05, 3.63) is 51.9 Å². The third-order valence-electron chi connectivity index (χ3n) is 4.46. The zero-order valence-electron chi connectivity index (χ0n) is 17.1. The monoisotopic (exact) mass is 502 g/mol. The highest BCUT2D eigenvalue weighted by atomic mass is 32.2. The van der Waals surface area contributed by atoms with E-state index in [4.69, 9.17) is 0 Å². The third-order valence-corrected chi connectivity index (χ3v) is 7.64. The first-order valence-corrected chi connectivity index (χ1v) is 11.4. The average Bonchev–Trinajstić information content (AvgIpc) is 3.02. The second kappa shape index (κ2) is 9.02. The first-order chi connectivity index (χ1) is 14.4. The maximum Gasteiger partial charge on any atom is 0.416 e. The second-order valence-electron chi connectivity index (χ2n) is 7.47. The van der Waals surface area contributed by atoms with Crippen LogP contribution in [0.15, 0.2) is 34.5 Å². The van der Waals surface area contributed by atoms with Crippen molar-refractivity contribution in [2.24, 2.45) is 0 Å². The van der Waals surface area contributed by atoms with Crippen molar-refractivity contribution in [3.63, 3.8) is 0 Å². The van der Waals surface area contributed by atoms with E-state index in [1.54, 1.807) is 4.72 Å². The van der Waals surface area contributed by atoms with Crippen LogP contribution in [0.1, 0.15) is 40.2 Å². The fraction of sp³-hybridized carbons (Fsp3) is 0.421. The highest BCUT2D eigenvalue weighted by Gasteiger charge is 2.50. The number of halogens is 6. The van der Waals surface area contributed by atoms with Gasteiger partial charge in [-0.3, -0.25) is 4.79 Å². The molecule has 5 nitrogen and oxygen atoms in total. The van der Waals surface area contributed by atoms with E-state index in [0.29, 0.717) is 30.7 Å². The Balaban J connectivity index is 2.09. The van der Waals surface area contributed by atoms with Crippen LogP contribution in [0.25, 0.3) is 0 Å². The zero-order chi connectivity index (χ0) is 24.5. The SMILES string of the molecule is Cc1sc(S(=O)(=O)NC(C)(C)C(F)(F)F)cc1C(=O)NCCc1cccc(C(F)(F)F)c1. The van der Waals surface area contributed by atoms with Crippen LogP contribution in [0.3, 0.4) is 0 Å². The lowest BCUT2D eigenvalue weighted by Gasteiger charge is -2.28. The van der Waals surface area contributed by atoms with E-state index >= 15 is 0 Å². The lowest BCUT2D eigenvalue weighted by molar-refractivity contribution is -0.180. The molecule has 0 aliphatic carbocycles. The van der Waals surface area contributed by atoms with E-state index in [1.165, 1.54) is 19.1 Å². The van der Waals surface area contributed by atoms with Gasteiger partial charge in [0.1, 0.15) is 9.75 Å². The van der Waals surface area contributed by atoms with Gasteiger partial charge in [-0.15, -0.1) is 11.3 Å². The summed E-state index contributed by atoms with van der Waals surface area (Å²) < 4.78 is 103. The number of aryl methyl sites for hydroxylation is 1. The maximum atomic E-state index is 13.0. The summed E-state index contributed by atoms with van der Waals surface area (Å²) >= 11 is 0.632. The molecule has 0 unspecified atom stereocenters. The largest absolute Gasteiger partial charge is 0.416 e. The summed E-state index contributed by atoms with van der Waals surface area (Å²) in [4.78, 5) is 12.6. The summed E-state index contributed by atoms with van der Waals surface area (Å²) in [6, 6.07) is 5.56. The minimum Gasteiger partial charge on any atom is -0.352 e. The van der Waals surface area contributed by atoms with Gasteiger partial charge < -0.3 is 5.32 Å². The molecule has 1 aromatic heterocycles. The fourth-order valence-electron chi connectivity index (χ4n) is 2.58. The normalized spacial score (nSPS) is 13.3. The number of carbonyl (C=O) groups excluding carboxylic acids is 1. The summed E-state index contributed by atoms with van der Waals surface area (Å²) in [6.07, 6.45) is -9.25. The third kappa shape index (κ3) is 6.23. The number of hydrogen-bond donors (Lipinski definition) is 2. The van der Waals surface area contributed by atoms with Gasteiger partial charge >= 0.3 is 12.4 Å². The van der Waals surface area contributed by atoms with Crippen LogP contribution < -0.4 is 10.0 Å². The number of nitrogens with one attached hydrogen (secondary N) is 2. The van der Waals surface area contributed by atoms with E-state index in [1.807, 2.05) is 0 Å². The highest BCUT2D eigenvalue weighted by molar-refractivity contribution is 7.91. The summed E-state index contributed by atoms with van der Waals surface area (Å²) in [5.41, 5.74) is -3.26. The molecule has 0 atom stereocenters. The van der Waals surface area contributed by atoms with Gasteiger partial charge in [-0.2, -0.15) is 31.1 Å². The van der Waals surface area contributed by atoms with E-state index in [0.717, 1.165) is 18.2 Å². The summed E-state index contributed by atoms with van der Waals surface area (Å²) in [5.74, 6) is -0.692. The van der Waals surface area contributed by atoms with Gasteiger partial charge in [-0.05, 0) is 44.9 Å². The lowest BCUT2D eigenvalue weighted by Crippen LogP contribution is -2.53. The number of amides is 1. The van der Waals surface area contributed by atoms with Crippen molar-refractivity contribution in [3.8, 4) is 0 Å². The number of benzene rings is 1. The molecular formula is C19H20F6N2O3S2. The highest BCUT2D eigenvalue weighted by Crippen LogP contribution is 2.33. The Morgan fingerprint density at radius 2 is 1.69 bits per heavy atom. The number of rotatable bonds is 7. The lowest BCUT2D eigenvalue weighted by atomic mass is 10.1. The Labute approximate surface area is 184 Å². The molecule has 2 aromatic rings. The molecule has 2 N–H and O–H groups in total. The molecular weight excluding hydrogens is 482 g/mol. The van der Waals surface area contributed by atoms with Gasteiger partial charge in [-0.1, -0.05) is 18.2 Å². The van der Waals surface area contributed by atoms with Gasteiger partial charge in [0.25, 0.3) is 15.9 Å². The first kappa shape index (κ1) is 26.1. The molecule has 0 aliphatic heterocycles. The van der Waals surface area contributed by atoms with E-state index < -0.39 is 43.6 Å². The van der Waals surface area contributed by atoms with Crippen molar-refractivity contribution in [1.29, 1.82) is 0 Å². The second-order valence-corrected chi connectivity index (χ2v) is 10.6. The minimum atomic E-state index is -4.84. The zero-order valence-corrected chi connectivity index (χ0v) is 18.7. The molecule has 0 fully saturated rings. The predicted molar refractivity (Wildman–Crippen MR) is 107 cm³/mol. The van der Waals surface area contributed by atoms with Crippen LogP contribution >= 0.6 is 11.3 Å². The Kier molecular flexibility index (Phi) is 7.37. The molecule has 1 aromatic carbocycles. The Morgan fingerprint density at radius 3 is 2.25 bits per heavy atom. The molecule has 2 rings (SSSR count). The molecule has 32 heavy (non-hydrogen) atoms. The van der Waals surface area contributed by atoms with Crippen molar-refractivity contribution < 1.29 is 39.6 Å². The summed E-state index contributed by atoms with van der Waals surface area (Å²) in [6.45, 7) is 2.75. The number of hydrogen-bond acceptors (Lipinski definition) is 4. The van der Waals surface area contributed by atoms with Crippen LogP contribution in [-0.4, -0.2) is 32.6 Å². The summed E-state index contributed by atoms with van der Waals surface area (Å²) in [5, 5.41) is 2.48. The molecule has 0 spiro atoms. The standard InChI is InChI=1S/C19H20F6N2O3S2/c1-11-14(10-15(31-11)32(29,30)27-17(2,3)19(23,24)25)16(28)26-8-7-12-5-4-6-13(9-12)18(20,21)22/h4-6,9-10,27H,7-8H2,1-3H3,(H,26,28). The van der Waals surface area contributed by atoms with Gasteiger partial charge in [-0.25, -0.2) is 8.42 Å². The number of carbonyl (C=O) groups is 1. The van der Waals surface area contributed by atoms with Crippen LogP contribution in [0.2, 0.25) is 0 Å². The predicted octanol–water partition coefficient (Wildman–Crippen LogP) is 4.67. The quantitative estimate of drug-likeness (QED) is 0.541. The van der Waals surface area contributed by atoms with Crippen LogP contribution in [0.5, 0.6) is 0 Å². The molecule has 178 valence electrons. The molecule has 0 saturated heterocycles. The smallest absolute Gasteiger partial charge is 0.352 e. The number of sulfonamides is 1.